The Morgan fingerprint density at radius 2 is 2.00 bits per heavy atom. The normalized spacial score (nSPS) is 16.0. The van der Waals surface area contributed by atoms with Gasteiger partial charge in [0.1, 0.15) is 0 Å². The fourth-order valence-corrected chi connectivity index (χ4v) is 1.59. The Hall–Kier alpha value is -0.830. The van der Waals surface area contributed by atoms with E-state index in [2.05, 4.69) is 28.5 Å². The van der Waals surface area contributed by atoms with E-state index in [1.165, 1.54) is 11.4 Å². The van der Waals surface area contributed by atoms with Gasteiger partial charge < -0.3 is 9.47 Å². The standard InChI is InChI=1S/C8H13N3.C2H6/c1-10-4-3-8-7(5-10)9-6-11(8)2;1-2/h6H,3-5H2,1-2H3;1-2H3. The highest BCUT2D eigenvalue weighted by Gasteiger charge is 2.16. The van der Waals surface area contributed by atoms with Gasteiger partial charge in [0, 0.05) is 32.3 Å². The van der Waals surface area contributed by atoms with E-state index in [-0.39, 0.29) is 0 Å². The van der Waals surface area contributed by atoms with E-state index < -0.39 is 0 Å². The molecule has 0 aliphatic carbocycles. The third-order valence-electron chi connectivity index (χ3n) is 2.30. The van der Waals surface area contributed by atoms with Crippen LogP contribution >= 0.6 is 0 Å². The lowest BCUT2D eigenvalue weighted by molar-refractivity contribution is 0.305. The van der Waals surface area contributed by atoms with Gasteiger partial charge in [0.15, 0.2) is 0 Å². The zero-order valence-corrected chi connectivity index (χ0v) is 9.04. The highest BCUT2D eigenvalue weighted by atomic mass is 15.1. The first-order valence-corrected chi connectivity index (χ1v) is 4.95. The van der Waals surface area contributed by atoms with E-state index in [0.717, 1.165) is 19.5 Å². The van der Waals surface area contributed by atoms with Crippen molar-refractivity contribution < 1.29 is 0 Å². The molecule has 0 unspecified atom stereocenters. The predicted octanol–water partition coefficient (Wildman–Crippen LogP) is 1.43. The van der Waals surface area contributed by atoms with Crippen LogP contribution in [0.3, 0.4) is 0 Å². The lowest BCUT2D eigenvalue weighted by Gasteiger charge is -2.21. The molecule has 3 nitrogen and oxygen atoms in total. The van der Waals surface area contributed by atoms with Gasteiger partial charge in [-0.15, -0.1) is 0 Å². The Balaban J connectivity index is 0.000000396. The van der Waals surface area contributed by atoms with Crippen LogP contribution in [-0.4, -0.2) is 28.0 Å². The Morgan fingerprint density at radius 3 is 2.69 bits per heavy atom. The molecule has 0 spiro atoms. The summed E-state index contributed by atoms with van der Waals surface area (Å²) in [5.74, 6) is 0. The van der Waals surface area contributed by atoms with Gasteiger partial charge in [0.2, 0.25) is 0 Å². The van der Waals surface area contributed by atoms with Gasteiger partial charge in [0.25, 0.3) is 0 Å². The quantitative estimate of drug-likeness (QED) is 0.604. The van der Waals surface area contributed by atoms with Crippen LogP contribution in [0.2, 0.25) is 0 Å². The van der Waals surface area contributed by atoms with Crippen molar-refractivity contribution in [2.45, 2.75) is 26.8 Å². The predicted molar refractivity (Wildman–Crippen MR) is 54.6 cm³/mol. The maximum absolute atomic E-state index is 4.33. The summed E-state index contributed by atoms with van der Waals surface area (Å²) in [6.45, 7) is 6.17. The number of hydrogen-bond donors (Lipinski definition) is 0. The number of hydrogen-bond acceptors (Lipinski definition) is 2. The first-order chi connectivity index (χ1) is 6.27. The van der Waals surface area contributed by atoms with Crippen molar-refractivity contribution in [3.63, 3.8) is 0 Å². The smallest absolute Gasteiger partial charge is 0.0949 e. The van der Waals surface area contributed by atoms with Crippen LogP contribution < -0.4 is 0 Å². The van der Waals surface area contributed by atoms with Crippen LogP contribution in [-0.2, 0) is 20.0 Å². The van der Waals surface area contributed by atoms with Crippen molar-refractivity contribution in [1.29, 1.82) is 0 Å². The first kappa shape index (κ1) is 10.3. The highest BCUT2D eigenvalue weighted by molar-refractivity contribution is 5.15. The van der Waals surface area contributed by atoms with Gasteiger partial charge in [-0.3, -0.25) is 0 Å². The third-order valence-corrected chi connectivity index (χ3v) is 2.30. The molecule has 0 saturated heterocycles. The number of likely N-dealkylation sites (N-methyl/N-ethyl adjacent to an activating group) is 1. The maximum Gasteiger partial charge on any atom is 0.0949 e. The van der Waals surface area contributed by atoms with Crippen LogP contribution in [0, 0.1) is 0 Å². The molecule has 2 heterocycles. The molecule has 2 rings (SSSR count). The van der Waals surface area contributed by atoms with Gasteiger partial charge in [-0.25, -0.2) is 4.98 Å². The van der Waals surface area contributed by atoms with E-state index in [0.29, 0.717) is 0 Å². The Labute approximate surface area is 80.4 Å². The largest absolute Gasteiger partial charge is 0.337 e. The number of rotatable bonds is 0. The molecule has 3 heteroatoms. The molecular formula is C10H19N3. The fraction of sp³-hybridized carbons (Fsp3) is 0.700. The molecule has 0 atom stereocenters. The third kappa shape index (κ3) is 2.10. The van der Waals surface area contributed by atoms with Crippen molar-refractivity contribution in [2.24, 2.45) is 7.05 Å². The van der Waals surface area contributed by atoms with Gasteiger partial charge in [-0.2, -0.15) is 0 Å². The Morgan fingerprint density at radius 1 is 1.31 bits per heavy atom. The van der Waals surface area contributed by atoms with E-state index in [4.69, 9.17) is 0 Å². The number of imidazole rings is 1. The number of aromatic nitrogens is 2. The number of aryl methyl sites for hydroxylation is 1. The minimum atomic E-state index is 1.01. The lowest BCUT2D eigenvalue weighted by atomic mass is 10.1. The molecule has 0 saturated carbocycles. The Kier molecular flexibility index (Phi) is 3.48. The average Bonchev–Trinajstić information content (AvgIpc) is 2.51. The van der Waals surface area contributed by atoms with Crippen molar-refractivity contribution >= 4 is 0 Å². The molecule has 74 valence electrons. The summed E-state index contributed by atoms with van der Waals surface area (Å²) in [4.78, 5) is 6.63. The van der Waals surface area contributed by atoms with Gasteiger partial charge in [-0.1, -0.05) is 13.8 Å². The summed E-state index contributed by atoms with van der Waals surface area (Å²) in [7, 11) is 4.20. The fourth-order valence-electron chi connectivity index (χ4n) is 1.59. The van der Waals surface area contributed by atoms with Crippen molar-refractivity contribution in [3.05, 3.63) is 17.7 Å². The minimum absolute atomic E-state index is 1.01. The van der Waals surface area contributed by atoms with E-state index >= 15 is 0 Å². The van der Waals surface area contributed by atoms with Crippen molar-refractivity contribution in [1.82, 2.24) is 14.5 Å². The molecule has 0 amide bonds. The average molecular weight is 181 g/mol. The van der Waals surface area contributed by atoms with Gasteiger partial charge >= 0.3 is 0 Å². The Bertz CT molecular complexity index is 265. The molecular weight excluding hydrogens is 162 g/mol. The van der Waals surface area contributed by atoms with Gasteiger partial charge in [-0.05, 0) is 7.05 Å². The second-order valence-corrected chi connectivity index (χ2v) is 3.24. The second kappa shape index (κ2) is 4.42. The molecule has 13 heavy (non-hydrogen) atoms. The summed E-state index contributed by atoms with van der Waals surface area (Å²) in [6, 6.07) is 0. The topological polar surface area (TPSA) is 21.1 Å². The highest BCUT2D eigenvalue weighted by Crippen LogP contribution is 2.14. The van der Waals surface area contributed by atoms with Crippen LogP contribution in [0.15, 0.2) is 6.33 Å². The summed E-state index contributed by atoms with van der Waals surface area (Å²) in [5.41, 5.74) is 2.66. The number of nitrogens with zero attached hydrogens (tertiary/aromatic N) is 3. The molecule has 1 aromatic rings. The van der Waals surface area contributed by atoms with E-state index in [9.17, 15) is 0 Å². The van der Waals surface area contributed by atoms with Crippen LogP contribution in [0.4, 0.5) is 0 Å². The van der Waals surface area contributed by atoms with Crippen LogP contribution in [0.5, 0.6) is 0 Å². The summed E-state index contributed by atoms with van der Waals surface area (Å²) in [6.07, 6.45) is 3.05. The van der Waals surface area contributed by atoms with Gasteiger partial charge in [0.05, 0.1) is 12.0 Å². The lowest BCUT2D eigenvalue weighted by Crippen LogP contribution is -2.27. The number of fused-ring (bicyclic) bond motifs is 1. The van der Waals surface area contributed by atoms with E-state index in [1.807, 2.05) is 20.2 Å². The molecule has 0 aromatic carbocycles. The summed E-state index contributed by atoms with van der Waals surface area (Å²) < 4.78 is 2.13. The molecule has 1 aliphatic heterocycles. The summed E-state index contributed by atoms with van der Waals surface area (Å²) >= 11 is 0. The monoisotopic (exact) mass is 181 g/mol. The van der Waals surface area contributed by atoms with E-state index in [1.54, 1.807) is 0 Å². The zero-order chi connectivity index (χ0) is 9.84. The molecule has 0 bridgehead atoms. The van der Waals surface area contributed by atoms with Crippen molar-refractivity contribution in [3.8, 4) is 0 Å². The second-order valence-electron chi connectivity index (χ2n) is 3.24. The van der Waals surface area contributed by atoms with Crippen molar-refractivity contribution in [2.75, 3.05) is 13.6 Å². The maximum atomic E-state index is 4.33. The van der Waals surface area contributed by atoms with Crippen LogP contribution in [0.1, 0.15) is 25.2 Å². The molecule has 0 N–H and O–H groups in total. The SMILES string of the molecule is CC.CN1CCc2c(ncn2C)C1. The van der Waals surface area contributed by atoms with Crippen LogP contribution in [0.25, 0.3) is 0 Å². The molecule has 1 aliphatic rings. The zero-order valence-electron chi connectivity index (χ0n) is 9.04. The summed E-state index contributed by atoms with van der Waals surface area (Å²) in [5, 5.41) is 0. The first-order valence-electron chi connectivity index (χ1n) is 4.95. The minimum Gasteiger partial charge on any atom is -0.337 e. The molecule has 1 aromatic heterocycles. The molecule has 0 fully saturated rings. The molecule has 0 radical (unpaired) electrons.